The van der Waals surface area contributed by atoms with Crippen LogP contribution in [0.1, 0.15) is 78.6 Å². The highest BCUT2D eigenvalue weighted by Gasteiger charge is 2.65. The molecule has 0 radical (unpaired) electrons. The zero-order chi connectivity index (χ0) is 30.6. The average Bonchev–Trinajstić information content (AvgIpc) is 3.30. The fourth-order valence-electron chi connectivity index (χ4n) is 9.64. The maximum Gasteiger partial charge on any atom is 0.318 e. The van der Waals surface area contributed by atoms with Crippen LogP contribution in [0.3, 0.4) is 0 Å². The van der Waals surface area contributed by atoms with Crippen LogP contribution in [-0.2, 0) is 8.98 Å². The molecule has 1 aromatic rings. The summed E-state index contributed by atoms with van der Waals surface area (Å²) < 4.78 is 5.24. The molecule has 0 unspecified atom stereocenters. The van der Waals surface area contributed by atoms with Crippen molar-refractivity contribution in [2.24, 2.45) is 46.3 Å². The van der Waals surface area contributed by atoms with Crippen LogP contribution in [0.2, 0.25) is 0 Å². The highest BCUT2D eigenvalue weighted by Crippen LogP contribution is 2.68. The van der Waals surface area contributed by atoms with E-state index in [0.29, 0.717) is 31.3 Å². The van der Waals surface area contributed by atoms with E-state index in [1.54, 1.807) is 0 Å². The SMILES string of the molecule is C[C@H](CCC(=O)OSc1ccc([N+](=O)[O-])cc1[N+](=O)[O-])[C@H]1CC[C@H]2[C@@H]3[C@H](O)C[C@@H]4C[C@H](O)CC[C@]4(C)[C@H]3C[C@H](O)[C@]12C. The van der Waals surface area contributed by atoms with E-state index >= 15 is 0 Å². The molecule has 11 atom stereocenters. The van der Waals surface area contributed by atoms with Gasteiger partial charge in [-0.05, 0) is 104 Å². The van der Waals surface area contributed by atoms with Gasteiger partial charge in [0.15, 0.2) is 0 Å². The molecule has 12 heteroatoms. The number of nitro groups is 2. The van der Waals surface area contributed by atoms with Gasteiger partial charge in [0, 0.05) is 12.5 Å². The highest BCUT2D eigenvalue weighted by molar-refractivity contribution is 7.95. The van der Waals surface area contributed by atoms with E-state index in [4.69, 9.17) is 4.18 Å². The van der Waals surface area contributed by atoms with Crippen molar-refractivity contribution < 1.29 is 34.1 Å². The number of hydrogen-bond acceptors (Lipinski definition) is 10. The minimum Gasteiger partial charge on any atom is -0.393 e. The van der Waals surface area contributed by atoms with Crippen molar-refractivity contribution in [3.63, 3.8) is 0 Å². The van der Waals surface area contributed by atoms with Crippen LogP contribution < -0.4 is 0 Å². The van der Waals surface area contributed by atoms with E-state index in [1.807, 2.05) is 0 Å². The molecular formula is C30H42N2O9S. The molecule has 4 aliphatic rings. The molecule has 1 aromatic carbocycles. The van der Waals surface area contributed by atoms with Crippen LogP contribution in [0.4, 0.5) is 11.4 Å². The molecular weight excluding hydrogens is 564 g/mol. The number of nitrogens with zero attached hydrogens (tertiary/aromatic N) is 2. The molecule has 0 saturated heterocycles. The normalized spacial score (nSPS) is 39.9. The number of carbonyl (C=O) groups is 1. The Morgan fingerprint density at radius 3 is 2.50 bits per heavy atom. The van der Waals surface area contributed by atoms with Crippen molar-refractivity contribution in [1.29, 1.82) is 0 Å². The van der Waals surface area contributed by atoms with Crippen molar-refractivity contribution in [2.75, 3.05) is 0 Å². The van der Waals surface area contributed by atoms with Gasteiger partial charge in [-0.15, -0.1) is 0 Å². The molecule has 0 amide bonds. The van der Waals surface area contributed by atoms with E-state index in [-0.39, 0.29) is 63.8 Å². The quantitative estimate of drug-likeness (QED) is 0.197. The molecule has 4 fully saturated rings. The first-order valence-corrected chi connectivity index (χ1v) is 15.9. The van der Waals surface area contributed by atoms with Gasteiger partial charge in [0.2, 0.25) is 0 Å². The zero-order valence-corrected chi connectivity index (χ0v) is 25.2. The van der Waals surface area contributed by atoms with Gasteiger partial charge in [-0.1, -0.05) is 20.8 Å². The third-order valence-corrected chi connectivity index (χ3v) is 12.7. The van der Waals surface area contributed by atoms with Gasteiger partial charge < -0.3 is 19.5 Å². The van der Waals surface area contributed by atoms with E-state index in [2.05, 4.69) is 20.8 Å². The molecule has 42 heavy (non-hydrogen) atoms. The van der Waals surface area contributed by atoms with Crippen molar-refractivity contribution in [3.8, 4) is 0 Å². The topological polar surface area (TPSA) is 173 Å². The molecule has 0 aliphatic heterocycles. The van der Waals surface area contributed by atoms with Crippen LogP contribution >= 0.6 is 12.0 Å². The fraction of sp³-hybridized carbons (Fsp3) is 0.767. The van der Waals surface area contributed by atoms with Crippen LogP contribution in [0, 0.1) is 66.6 Å². The van der Waals surface area contributed by atoms with E-state index < -0.39 is 39.4 Å². The number of rotatable bonds is 8. The first-order valence-electron chi connectivity index (χ1n) is 15.1. The second-order valence-electron chi connectivity index (χ2n) is 13.7. The van der Waals surface area contributed by atoms with Crippen molar-refractivity contribution in [3.05, 3.63) is 38.4 Å². The lowest BCUT2D eigenvalue weighted by molar-refractivity contribution is -0.396. The Hall–Kier alpha value is -2.28. The summed E-state index contributed by atoms with van der Waals surface area (Å²) >= 11 is 0.530. The van der Waals surface area contributed by atoms with Gasteiger partial charge in [0.1, 0.15) is 16.9 Å². The minimum absolute atomic E-state index is 0.00692. The molecule has 4 aliphatic carbocycles. The van der Waals surface area contributed by atoms with Crippen LogP contribution in [0.5, 0.6) is 0 Å². The summed E-state index contributed by atoms with van der Waals surface area (Å²) in [5, 5.41) is 55.8. The Balaban J connectivity index is 1.22. The van der Waals surface area contributed by atoms with Crippen molar-refractivity contribution >= 4 is 29.4 Å². The Labute approximate surface area is 249 Å². The molecule has 232 valence electrons. The summed E-state index contributed by atoms with van der Waals surface area (Å²) in [6, 6.07) is 3.17. The average molecular weight is 607 g/mol. The summed E-state index contributed by atoms with van der Waals surface area (Å²) in [6.45, 7) is 6.57. The van der Waals surface area contributed by atoms with Gasteiger partial charge in [-0.2, -0.15) is 0 Å². The highest BCUT2D eigenvalue weighted by atomic mass is 32.2. The molecule has 0 spiro atoms. The molecule has 0 aromatic heterocycles. The third kappa shape index (κ3) is 5.33. The van der Waals surface area contributed by atoms with Crippen LogP contribution in [0.15, 0.2) is 23.1 Å². The van der Waals surface area contributed by atoms with E-state index in [1.165, 1.54) is 6.07 Å². The van der Waals surface area contributed by atoms with Gasteiger partial charge in [-0.25, -0.2) is 0 Å². The lowest BCUT2D eigenvalue weighted by Gasteiger charge is -2.63. The van der Waals surface area contributed by atoms with E-state index in [0.717, 1.165) is 44.2 Å². The maximum atomic E-state index is 12.6. The standard InChI is InChI=1S/C30H42N2O9S/c1-16(4-9-27(36)41-42-25-8-5-18(31(37)38)14-23(25)32(39)40)20-6-7-21-28-22(15-26(35)30(20,21)3)29(2)11-10-19(33)12-17(29)13-24(28)34/h5,8,14,16-17,19-22,24,26,28,33-35H,4,6-7,9-13,15H2,1-3H3/t16-,17+,19-,20-,21+,22+,24-,26+,28+,29+,30-/m1/s1. The molecule has 5 rings (SSSR count). The summed E-state index contributed by atoms with van der Waals surface area (Å²) in [6.07, 6.45) is 4.95. The Morgan fingerprint density at radius 1 is 1.07 bits per heavy atom. The summed E-state index contributed by atoms with van der Waals surface area (Å²) in [7, 11) is 0. The smallest absolute Gasteiger partial charge is 0.318 e. The second-order valence-corrected chi connectivity index (χ2v) is 14.5. The Morgan fingerprint density at radius 2 is 1.81 bits per heavy atom. The molecule has 3 N–H and O–H groups in total. The zero-order valence-electron chi connectivity index (χ0n) is 24.4. The molecule has 0 bridgehead atoms. The van der Waals surface area contributed by atoms with Gasteiger partial charge in [0.25, 0.3) is 11.4 Å². The summed E-state index contributed by atoms with van der Waals surface area (Å²) in [5.74, 6) is 0.517. The monoisotopic (exact) mass is 606 g/mol. The van der Waals surface area contributed by atoms with Gasteiger partial charge in [0.05, 0.1) is 34.2 Å². The number of nitro benzene ring substituents is 2. The maximum absolute atomic E-state index is 12.6. The Bertz CT molecular complexity index is 1230. The number of aliphatic hydroxyl groups excluding tert-OH is 3. The first-order chi connectivity index (χ1) is 19.8. The van der Waals surface area contributed by atoms with E-state index in [9.17, 15) is 40.3 Å². The van der Waals surface area contributed by atoms with Gasteiger partial charge >= 0.3 is 5.97 Å². The first kappa shape index (κ1) is 31.2. The van der Waals surface area contributed by atoms with Gasteiger partial charge in [-0.3, -0.25) is 25.0 Å². The number of aliphatic hydroxyl groups is 3. The predicted molar refractivity (Wildman–Crippen MR) is 154 cm³/mol. The predicted octanol–water partition coefficient (Wildman–Crippen LogP) is 5.43. The van der Waals surface area contributed by atoms with Crippen LogP contribution in [0.25, 0.3) is 0 Å². The number of non-ortho nitro benzene ring substituents is 1. The Kier molecular flexibility index (Phi) is 8.65. The lowest BCUT2D eigenvalue weighted by atomic mass is 9.43. The molecule has 11 nitrogen and oxygen atoms in total. The molecule has 4 saturated carbocycles. The summed E-state index contributed by atoms with van der Waals surface area (Å²) in [4.78, 5) is 33.5. The summed E-state index contributed by atoms with van der Waals surface area (Å²) in [5.41, 5.74) is -1.29. The number of benzene rings is 1. The van der Waals surface area contributed by atoms with Crippen molar-refractivity contribution in [1.82, 2.24) is 0 Å². The lowest BCUT2D eigenvalue weighted by Crippen LogP contribution is -2.62. The second kappa shape index (κ2) is 11.7. The minimum atomic E-state index is -0.746. The van der Waals surface area contributed by atoms with Crippen LogP contribution in [-0.4, -0.2) is 49.4 Å². The molecule has 0 heterocycles. The number of carbonyl (C=O) groups excluding carboxylic acids is 1. The number of hydrogen-bond donors (Lipinski definition) is 3. The largest absolute Gasteiger partial charge is 0.393 e. The fourth-order valence-corrected chi connectivity index (χ4v) is 10.3. The number of fused-ring (bicyclic) bond motifs is 5. The van der Waals surface area contributed by atoms with Crippen molar-refractivity contribution in [2.45, 2.75) is 102 Å². The third-order valence-electron chi connectivity index (χ3n) is 11.9.